The summed E-state index contributed by atoms with van der Waals surface area (Å²) in [4.78, 5) is 0. The summed E-state index contributed by atoms with van der Waals surface area (Å²) in [6.45, 7) is 19.1. The molecular formula is C28H54O5. The molecule has 0 spiro atoms. The average Bonchev–Trinajstić information content (AvgIpc) is 2.76. The van der Waals surface area contributed by atoms with Crippen LogP contribution in [0.5, 0.6) is 0 Å². The normalized spacial score (nSPS) is 30.9. The van der Waals surface area contributed by atoms with Crippen LogP contribution in [0.3, 0.4) is 0 Å². The van der Waals surface area contributed by atoms with Gasteiger partial charge in [-0.3, -0.25) is 0 Å². The van der Waals surface area contributed by atoms with Crippen molar-refractivity contribution in [2.45, 2.75) is 92.3 Å². The first-order chi connectivity index (χ1) is 15.9. The Balaban J connectivity index is 1.39. The molecule has 2 rings (SSSR count). The molecule has 0 aromatic heterocycles. The molecule has 0 aliphatic heterocycles. The molecular weight excluding hydrogens is 416 g/mol. The fourth-order valence-corrected chi connectivity index (χ4v) is 6.41. The molecule has 0 saturated heterocycles. The Kier molecular flexibility index (Phi) is 14.5. The van der Waals surface area contributed by atoms with E-state index in [2.05, 4.69) is 41.5 Å². The van der Waals surface area contributed by atoms with Crippen molar-refractivity contribution >= 4 is 0 Å². The predicted molar refractivity (Wildman–Crippen MR) is 135 cm³/mol. The van der Waals surface area contributed by atoms with Gasteiger partial charge in [0.2, 0.25) is 0 Å². The molecule has 33 heavy (non-hydrogen) atoms. The van der Waals surface area contributed by atoms with Crippen LogP contribution < -0.4 is 0 Å². The van der Waals surface area contributed by atoms with Gasteiger partial charge in [0, 0.05) is 0 Å². The molecule has 0 bridgehead atoms. The smallest absolute Gasteiger partial charge is 0.0704 e. The maximum absolute atomic E-state index is 6.18. The van der Waals surface area contributed by atoms with Crippen LogP contribution in [-0.2, 0) is 23.7 Å². The van der Waals surface area contributed by atoms with Crippen LogP contribution in [0.15, 0.2) is 0 Å². The van der Waals surface area contributed by atoms with E-state index in [1.165, 1.54) is 38.5 Å². The third kappa shape index (κ3) is 10.5. The maximum Gasteiger partial charge on any atom is 0.0704 e. The summed E-state index contributed by atoms with van der Waals surface area (Å²) in [5, 5.41) is 0. The first kappa shape index (κ1) is 29.0. The fraction of sp³-hybridized carbons (Fsp3) is 1.00. The lowest BCUT2D eigenvalue weighted by atomic mass is 9.72. The lowest BCUT2D eigenvalue weighted by Gasteiger charge is -2.39. The van der Waals surface area contributed by atoms with Crippen molar-refractivity contribution in [1.29, 1.82) is 0 Å². The van der Waals surface area contributed by atoms with Crippen LogP contribution in [0.2, 0.25) is 0 Å². The third-order valence-electron chi connectivity index (χ3n) is 7.87. The SMILES string of the molecule is CC(C)C1C(C)CCCC1OCCOCCOCCOCCOC1CCCC(C)C1C(C)C. The third-order valence-corrected chi connectivity index (χ3v) is 7.87. The Labute approximate surface area is 204 Å². The van der Waals surface area contributed by atoms with Crippen LogP contribution in [0, 0.1) is 35.5 Å². The topological polar surface area (TPSA) is 46.2 Å². The maximum atomic E-state index is 6.18. The lowest BCUT2D eigenvalue weighted by Crippen LogP contribution is -2.37. The zero-order valence-corrected chi connectivity index (χ0v) is 22.6. The Hall–Kier alpha value is -0.200. The fourth-order valence-electron chi connectivity index (χ4n) is 6.41. The van der Waals surface area contributed by atoms with Gasteiger partial charge in [0.15, 0.2) is 0 Å². The molecule has 0 aromatic carbocycles. The molecule has 6 atom stereocenters. The van der Waals surface area contributed by atoms with E-state index < -0.39 is 0 Å². The van der Waals surface area contributed by atoms with Crippen molar-refractivity contribution in [3.63, 3.8) is 0 Å². The van der Waals surface area contributed by atoms with Gasteiger partial charge in [-0.25, -0.2) is 0 Å². The highest BCUT2D eigenvalue weighted by Crippen LogP contribution is 2.37. The van der Waals surface area contributed by atoms with Crippen LogP contribution in [0.1, 0.15) is 80.1 Å². The molecule has 0 aromatic rings. The van der Waals surface area contributed by atoms with E-state index in [0.717, 1.165) is 11.8 Å². The highest BCUT2D eigenvalue weighted by atomic mass is 16.6. The second-order valence-corrected chi connectivity index (χ2v) is 11.1. The Morgan fingerprint density at radius 2 is 0.848 bits per heavy atom. The highest BCUT2D eigenvalue weighted by molar-refractivity contribution is 4.83. The van der Waals surface area contributed by atoms with E-state index in [1.807, 2.05) is 0 Å². The minimum absolute atomic E-state index is 0.396. The molecule has 196 valence electrons. The van der Waals surface area contributed by atoms with Crippen molar-refractivity contribution in [3.05, 3.63) is 0 Å². The molecule has 2 saturated carbocycles. The van der Waals surface area contributed by atoms with Crippen molar-refractivity contribution in [2.24, 2.45) is 35.5 Å². The second kappa shape index (κ2) is 16.5. The van der Waals surface area contributed by atoms with Crippen LogP contribution in [0.4, 0.5) is 0 Å². The van der Waals surface area contributed by atoms with Crippen molar-refractivity contribution in [3.8, 4) is 0 Å². The van der Waals surface area contributed by atoms with E-state index >= 15 is 0 Å². The molecule has 5 nitrogen and oxygen atoms in total. The molecule has 5 heteroatoms. The summed E-state index contributed by atoms with van der Waals surface area (Å²) in [6.07, 6.45) is 8.43. The molecule has 0 N–H and O–H groups in total. The summed E-state index contributed by atoms with van der Waals surface area (Å²) in [7, 11) is 0. The summed E-state index contributed by atoms with van der Waals surface area (Å²) in [6, 6.07) is 0. The van der Waals surface area contributed by atoms with Crippen LogP contribution in [-0.4, -0.2) is 65.1 Å². The predicted octanol–water partition coefficient (Wildman–Crippen LogP) is 5.99. The van der Waals surface area contributed by atoms with Gasteiger partial charge in [0.25, 0.3) is 0 Å². The van der Waals surface area contributed by atoms with Crippen molar-refractivity contribution in [2.75, 3.05) is 52.9 Å². The van der Waals surface area contributed by atoms with Crippen LogP contribution in [0.25, 0.3) is 0 Å². The van der Waals surface area contributed by atoms with E-state index in [9.17, 15) is 0 Å². The van der Waals surface area contributed by atoms with Gasteiger partial charge in [-0.1, -0.05) is 67.2 Å². The van der Waals surface area contributed by atoms with Gasteiger partial charge in [-0.2, -0.15) is 0 Å². The minimum Gasteiger partial charge on any atom is -0.377 e. The molecule has 2 aliphatic rings. The number of ether oxygens (including phenoxy) is 5. The zero-order valence-electron chi connectivity index (χ0n) is 22.6. The van der Waals surface area contributed by atoms with Gasteiger partial charge in [-0.15, -0.1) is 0 Å². The minimum atomic E-state index is 0.396. The van der Waals surface area contributed by atoms with Gasteiger partial charge < -0.3 is 23.7 Å². The van der Waals surface area contributed by atoms with Gasteiger partial charge in [0.1, 0.15) is 0 Å². The monoisotopic (exact) mass is 470 g/mol. The Bertz CT molecular complexity index is 441. The summed E-state index contributed by atoms with van der Waals surface area (Å²) in [5.74, 6) is 4.24. The summed E-state index contributed by atoms with van der Waals surface area (Å²) in [5.41, 5.74) is 0. The van der Waals surface area contributed by atoms with E-state index in [-0.39, 0.29) is 0 Å². The van der Waals surface area contributed by atoms with Gasteiger partial charge >= 0.3 is 0 Å². The number of hydrogen-bond acceptors (Lipinski definition) is 5. The standard InChI is InChI=1S/C28H54O5/c1-21(2)27-23(5)9-7-11-25(27)32-19-17-30-15-13-29-14-16-31-18-20-33-26-12-8-10-24(6)28(26)22(3)4/h21-28H,7-20H2,1-6H3. The Morgan fingerprint density at radius 1 is 0.515 bits per heavy atom. The van der Waals surface area contributed by atoms with Crippen molar-refractivity contribution in [1.82, 2.24) is 0 Å². The van der Waals surface area contributed by atoms with Crippen LogP contribution >= 0.6 is 0 Å². The second-order valence-electron chi connectivity index (χ2n) is 11.1. The van der Waals surface area contributed by atoms with E-state index in [0.29, 0.717) is 88.7 Å². The van der Waals surface area contributed by atoms with Gasteiger partial charge in [0.05, 0.1) is 65.1 Å². The molecule has 6 unspecified atom stereocenters. The average molecular weight is 471 g/mol. The first-order valence-corrected chi connectivity index (χ1v) is 13.9. The highest BCUT2D eigenvalue weighted by Gasteiger charge is 2.34. The van der Waals surface area contributed by atoms with E-state index in [1.54, 1.807) is 0 Å². The molecule has 2 fully saturated rings. The van der Waals surface area contributed by atoms with Gasteiger partial charge in [-0.05, 0) is 48.3 Å². The number of hydrogen-bond donors (Lipinski definition) is 0. The summed E-state index contributed by atoms with van der Waals surface area (Å²) < 4.78 is 29.4. The zero-order chi connectivity index (χ0) is 24.1. The molecule has 2 aliphatic carbocycles. The Morgan fingerprint density at radius 3 is 1.18 bits per heavy atom. The number of rotatable bonds is 16. The van der Waals surface area contributed by atoms with E-state index in [4.69, 9.17) is 23.7 Å². The first-order valence-electron chi connectivity index (χ1n) is 13.9. The summed E-state index contributed by atoms with van der Waals surface area (Å²) >= 11 is 0. The molecule has 0 heterocycles. The molecule has 0 radical (unpaired) electrons. The largest absolute Gasteiger partial charge is 0.377 e. The molecule has 0 amide bonds. The van der Waals surface area contributed by atoms with Crippen molar-refractivity contribution < 1.29 is 23.7 Å². The quantitative estimate of drug-likeness (QED) is 0.259. The lowest BCUT2D eigenvalue weighted by molar-refractivity contribution is -0.0735.